The average Bonchev–Trinajstić information content (AvgIpc) is 3.35. The van der Waals surface area contributed by atoms with Crippen LogP contribution in [0.5, 0.6) is 0 Å². The highest BCUT2D eigenvalue weighted by Gasteiger charge is 2.42. The Hall–Kier alpha value is -4.39. The summed E-state index contributed by atoms with van der Waals surface area (Å²) in [5.41, 5.74) is 11.7. The van der Waals surface area contributed by atoms with Crippen LogP contribution in [0.4, 0.5) is 0 Å². The van der Waals surface area contributed by atoms with Crippen LogP contribution >= 0.6 is 0 Å². The number of aliphatic imine (C=N–C) groups is 1. The molecule has 0 aliphatic carbocycles. The van der Waals surface area contributed by atoms with Gasteiger partial charge in [0.1, 0.15) is 12.1 Å². The lowest BCUT2D eigenvalue weighted by Crippen LogP contribution is -2.61. The Morgan fingerprint density at radius 1 is 1.04 bits per heavy atom. The first-order valence-corrected chi connectivity index (χ1v) is 16.7. The van der Waals surface area contributed by atoms with E-state index >= 15 is 0 Å². The SMILES string of the molecule is CNC(C(=O)N[C@H](C(=O)N(C)[C@H](/C=C(\C)C(=O)N[C@@H](CCCN=C(N)N)C(=O)O)C(C)C)C(C)(C)C)C(C)(C)c1cn(C)c2ccccc12. The predicted molar refractivity (Wildman–Crippen MR) is 195 cm³/mol. The van der Waals surface area contributed by atoms with Crippen LogP contribution < -0.4 is 27.4 Å². The number of nitrogens with two attached hydrogens (primary N) is 2. The van der Waals surface area contributed by atoms with Crippen LogP contribution in [0.25, 0.3) is 10.9 Å². The van der Waals surface area contributed by atoms with Crippen LogP contribution in [-0.2, 0) is 31.6 Å². The van der Waals surface area contributed by atoms with Gasteiger partial charge in [-0.3, -0.25) is 19.4 Å². The molecule has 13 heteroatoms. The molecule has 0 saturated heterocycles. The number of aliphatic carboxylic acids is 1. The number of hydrogen-bond acceptors (Lipinski definition) is 6. The van der Waals surface area contributed by atoms with Crippen molar-refractivity contribution in [2.45, 2.75) is 97.8 Å². The van der Waals surface area contributed by atoms with E-state index in [4.69, 9.17) is 11.5 Å². The first-order chi connectivity index (χ1) is 22.6. The number of carbonyl (C=O) groups is 4. The van der Waals surface area contributed by atoms with Crippen molar-refractivity contribution < 1.29 is 24.3 Å². The van der Waals surface area contributed by atoms with E-state index in [1.807, 2.05) is 90.5 Å². The highest BCUT2D eigenvalue weighted by atomic mass is 16.4. The lowest BCUT2D eigenvalue weighted by atomic mass is 9.76. The molecule has 2 aromatic rings. The molecular weight excluding hydrogens is 624 g/mol. The van der Waals surface area contributed by atoms with Gasteiger partial charge in [0.2, 0.25) is 17.7 Å². The van der Waals surface area contributed by atoms with Gasteiger partial charge in [0, 0.05) is 48.7 Å². The van der Waals surface area contributed by atoms with E-state index in [0.29, 0.717) is 6.42 Å². The largest absolute Gasteiger partial charge is 0.480 e. The minimum absolute atomic E-state index is 0.0899. The fraction of sp³-hybridized carbons (Fsp3) is 0.583. The smallest absolute Gasteiger partial charge is 0.326 e. The molecule has 0 fully saturated rings. The van der Waals surface area contributed by atoms with E-state index in [2.05, 4.69) is 20.9 Å². The first kappa shape index (κ1) is 40.8. The standard InChI is InChI=1S/C36H58N8O5/c1-21(2)27(19-22(3)30(45)41-25(33(48)49)16-14-18-40-34(37)38)44(11)32(47)29(35(4,5)6)42-31(46)28(39-9)36(7,8)24-20-43(10)26-17-13-12-15-23(24)26/h12-13,15,17,19-21,25,27-29,39H,14,16,18H2,1-11H3,(H,41,45)(H,42,46)(H,48,49)(H4,37,38,40)/b22-19+/t25-,27+,28?,29+/m0/s1. The second kappa shape index (κ2) is 16.8. The second-order valence-corrected chi connectivity index (χ2v) is 14.8. The van der Waals surface area contributed by atoms with Crippen molar-refractivity contribution in [3.63, 3.8) is 0 Å². The van der Waals surface area contributed by atoms with Crippen LogP contribution in [0, 0.1) is 11.3 Å². The van der Waals surface area contributed by atoms with Crippen molar-refractivity contribution in [1.29, 1.82) is 0 Å². The van der Waals surface area contributed by atoms with Gasteiger partial charge in [-0.05, 0) is 49.8 Å². The third-order valence-electron chi connectivity index (χ3n) is 9.07. The Kier molecular flexibility index (Phi) is 14.0. The molecule has 2 rings (SSSR count). The molecule has 4 atom stereocenters. The van der Waals surface area contributed by atoms with Crippen LogP contribution in [0.3, 0.4) is 0 Å². The van der Waals surface area contributed by atoms with Gasteiger partial charge in [-0.1, -0.05) is 72.7 Å². The fourth-order valence-corrected chi connectivity index (χ4v) is 6.17. The predicted octanol–water partition coefficient (Wildman–Crippen LogP) is 2.63. The second-order valence-electron chi connectivity index (χ2n) is 14.8. The number of fused-ring (bicyclic) bond motifs is 1. The van der Waals surface area contributed by atoms with Crippen molar-refractivity contribution in [2.24, 2.45) is 34.8 Å². The van der Waals surface area contributed by atoms with E-state index in [-0.39, 0.29) is 42.2 Å². The van der Waals surface area contributed by atoms with E-state index in [1.54, 1.807) is 32.0 Å². The zero-order valence-electron chi connectivity index (χ0n) is 31.0. The summed E-state index contributed by atoms with van der Waals surface area (Å²) >= 11 is 0. The zero-order chi connectivity index (χ0) is 37.4. The Bertz CT molecular complexity index is 1550. The topological polar surface area (TPSA) is 197 Å². The third kappa shape index (κ3) is 10.3. The van der Waals surface area contributed by atoms with Crippen LogP contribution in [0.2, 0.25) is 0 Å². The molecule has 0 aliphatic rings. The summed E-state index contributed by atoms with van der Waals surface area (Å²) in [7, 11) is 5.37. The van der Waals surface area contributed by atoms with E-state index in [1.165, 1.54) is 0 Å². The lowest BCUT2D eigenvalue weighted by Gasteiger charge is -2.39. The number of guanidine groups is 1. The molecule has 3 amide bonds. The number of carbonyl (C=O) groups excluding carboxylic acids is 3. The average molecular weight is 683 g/mol. The maximum Gasteiger partial charge on any atom is 0.326 e. The summed E-state index contributed by atoms with van der Waals surface area (Å²) in [5.74, 6) is -2.57. The number of nitrogens with one attached hydrogen (secondary N) is 3. The molecule has 8 N–H and O–H groups in total. The number of hydrogen-bond donors (Lipinski definition) is 6. The summed E-state index contributed by atoms with van der Waals surface area (Å²) in [6, 6.07) is 4.82. The normalized spacial score (nSPS) is 14.9. The molecule has 272 valence electrons. The van der Waals surface area contributed by atoms with Gasteiger partial charge in [0.15, 0.2) is 5.96 Å². The van der Waals surface area contributed by atoms with Crippen molar-refractivity contribution in [2.75, 3.05) is 20.6 Å². The Morgan fingerprint density at radius 3 is 2.18 bits per heavy atom. The first-order valence-electron chi connectivity index (χ1n) is 16.7. The molecule has 49 heavy (non-hydrogen) atoms. The van der Waals surface area contributed by atoms with Gasteiger partial charge in [-0.25, -0.2) is 4.79 Å². The summed E-state index contributed by atoms with van der Waals surface area (Å²) in [6.45, 7) is 15.4. The Balaban J connectivity index is 2.33. The molecule has 0 radical (unpaired) electrons. The molecule has 1 heterocycles. The number of carboxylic acids is 1. The number of para-hydroxylation sites is 1. The number of rotatable bonds is 16. The molecule has 1 aromatic heterocycles. The molecule has 0 aliphatic heterocycles. The number of aryl methyl sites for hydroxylation is 1. The van der Waals surface area contributed by atoms with E-state index in [0.717, 1.165) is 16.5 Å². The molecule has 1 aromatic carbocycles. The van der Waals surface area contributed by atoms with Gasteiger partial charge in [-0.15, -0.1) is 0 Å². The maximum absolute atomic E-state index is 14.2. The van der Waals surface area contributed by atoms with E-state index in [9.17, 15) is 24.3 Å². The summed E-state index contributed by atoms with van der Waals surface area (Å²) in [6.07, 6.45) is 4.20. The number of benzene rings is 1. The number of aromatic nitrogens is 1. The molecular formula is C36H58N8O5. The molecule has 13 nitrogen and oxygen atoms in total. The minimum Gasteiger partial charge on any atom is -0.480 e. The molecule has 1 unspecified atom stereocenters. The van der Waals surface area contributed by atoms with Gasteiger partial charge in [-0.2, -0.15) is 0 Å². The van der Waals surface area contributed by atoms with Crippen molar-refractivity contribution in [1.82, 2.24) is 25.4 Å². The molecule has 0 bridgehead atoms. The lowest BCUT2D eigenvalue weighted by molar-refractivity contribution is -0.141. The number of amides is 3. The van der Waals surface area contributed by atoms with Gasteiger partial charge in [0.25, 0.3) is 0 Å². The zero-order valence-corrected chi connectivity index (χ0v) is 31.0. The molecule has 0 spiro atoms. The summed E-state index contributed by atoms with van der Waals surface area (Å²) in [4.78, 5) is 58.7. The minimum atomic E-state index is -1.18. The van der Waals surface area contributed by atoms with Crippen molar-refractivity contribution >= 4 is 40.6 Å². The molecule has 0 saturated carbocycles. The third-order valence-corrected chi connectivity index (χ3v) is 9.07. The Labute approximate surface area is 290 Å². The maximum atomic E-state index is 14.2. The van der Waals surface area contributed by atoms with Crippen LogP contribution in [0.15, 0.2) is 47.1 Å². The summed E-state index contributed by atoms with van der Waals surface area (Å²) < 4.78 is 2.05. The van der Waals surface area contributed by atoms with Gasteiger partial charge < -0.3 is 42.0 Å². The number of carboxylic acid groups (broad SMARTS) is 1. The van der Waals surface area contributed by atoms with Crippen molar-refractivity contribution in [3.05, 3.63) is 47.7 Å². The number of likely N-dealkylation sites (N-methyl/N-ethyl adjacent to an activating group) is 2. The Morgan fingerprint density at radius 2 is 1.65 bits per heavy atom. The van der Waals surface area contributed by atoms with Gasteiger partial charge >= 0.3 is 5.97 Å². The monoisotopic (exact) mass is 682 g/mol. The van der Waals surface area contributed by atoms with Crippen LogP contribution in [0.1, 0.15) is 73.8 Å². The fourth-order valence-electron chi connectivity index (χ4n) is 6.17. The van der Waals surface area contributed by atoms with Crippen LogP contribution in [-0.4, -0.2) is 89.0 Å². The van der Waals surface area contributed by atoms with Crippen molar-refractivity contribution in [3.8, 4) is 0 Å². The van der Waals surface area contributed by atoms with E-state index < -0.39 is 46.9 Å². The quantitative estimate of drug-likeness (QED) is 0.0672. The highest BCUT2D eigenvalue weighted by Crippen LogP contribution is 2.35. The highest BCUT2D eigenvalue weighted by molar-refractivity contribution is 5.96. The summed E-state index contributed by atoms with van der Waals surface area (Å²) in [5, 5.41) is 19.5. The number of nitrogens with zero attached hydrogens (tertiary/aromatic N) is 3. The van der Waals surface area contributed by atoms with Gasteiger partial charge in [0.05, 0.1) is 12.1 Å².